The van der Waals surface area contributed by atoms with E-state index >= 15 is 0 Å². The number of esters is 2. The summed E-state index contributed by atoms with van der Waals surface area (Å²) in [6.45, 7) is 4.91. The van der Waals surface area contributed by atoms with Crippen LogP contribution in [0.1, 0.15) is 35.3 Å². The topological polar surface area (TPSA) is 55.8 Å². The minimum absolute atomic E-state index is 0.225. The molecule has 26 heavy (non-hydrogen) atoms. The fourth-order valence-corrected chi connectivity index (χ4v) is 2.66. The van der Waals surface area contributed by atoms with Crippen LogP contribution in [0.4, 0.5) is 5.69 Å². The van der Waals surface area contributed by atoms with Crippen molar-refractivity contribution in [3.8, 4) is 0 Å². The first-order valence-corrected chi connectivity index (χ1v) is 8.75. The Labute approximate surface area is 154 Å². The summed E-state index contributed by atoms with van der Waals surface area (Å²) < 4.78 is 10.1. The van der Waals surface area contributed by atoms with Gasteiger partial charge in [-0.05, 0) is 43.2 Å². The molecule has 0 saturated heterocycles. The largest absolute Gasteiger partial charge is 0.466 e. The average Bonchev–Trinajstić information content (AvgIpc) is 2.63. The van der Waals surface area contributed by atoms with Crippen molar-refractivity contribution in [3.63, 3.8) is 0 Å². The molecule has 0 atom stereocenters. The minimum Gasteiger partial charge on any atom is -0.466 e. The third-order valence-corrected chi connectivity index (χ3v) is 3.95. The third-order valence-electron chi connectivity index (χ3n) is 3.95. The molecule has 2 aromatic carbocycles. The molecule has 0 amide bonds. The summed E-state index contributed by atoms with van der Waals surface area (Å²) in [7, 11) is 1.96. The second-order valence-electron chi connectivity index (χ2n) is 5.88. The van der Waals surface area contributed by atoms with Crippen molar-refractivity contribution >= 4 is 17.6 Å². The number of benzene rings is 2. The van der Waals surface area contributed by atoms with Gasteiger partial charge in [0.25, 0.3) is 0 Å². The zero-order valence-corrected chi connectivity index (χ0v) is 15.5. The molecule has 0 N–H and O–H groups in total. The Morgan fingerprint density at radius 1 is 0.923 bits per heavy atom. The van der Waals surface area contributed by atoms with Gasteiger partial charge in [-0.3, -0.25) is 4.79 Å². The lowest BCUT2D eigenvalue weighted by molar-refractivity contribution is -0.142. The highest BCUT2D eigenvalue weighted by atomic mass is 16.5. The lowest BCUT2D eigenvalue weighted by Crippen LogP contribution is -2.19. The van der Waals surface area contributed by atoms with Gasteiger partial charge >= 0.3 is 11.9 Å². The molecule has 0 aliphatic rings. The van der Waals surface area contributed by atoms with E-state index in [2.05, 4.69) is 0 Å². The second-order valence-corrected chi connectivity index (χ2v) is 5.88. The number of hydrogen-bond donors (Lipinski definition) is 0. The fourth-order valence-electron chi connectivity index (χ4n) is 2.66. The van der Waals surface area contributed by atoms with Crippen molar-refractivity contribution in [2.24, 2.45) is 0 Å². The molecule has 0 radical (unpaired) electrons. The summed E-state index contributed by atoms with van der Waals surface area (Å²) in [6.07, 6.45) is 0.267. The highest BCUT2D eigenvalue weighted by Gasteiger charge is 2.13. The lowest BCUT2D eigenvalue weighted by atomic mass is 10.1. The maximum atomic E-state index is 12.1. The Balaban J connectivity index is 2.07. The van der Waals surface area contributed by atoms with E-state index in [9.17, 15) is 9.59 Å². The number of carbonyl (C=O) groups excluding carboxylic acids is 2. The van der Waals surface area contributed by atoms with Crippen LogP contribution in [0, 0.1) is 0 Å². The van der Waals surface area contributed by atoms with Crippen LogP contribution < -0.4 is 4.90 Å². The molecule has 0 aliphatic carbocycles. The van der Waals surface area contributed by atoms with Crippen LogP contribution in [0.5, 0.6) is 0 Å². The summed E-state index contributed by atoms with van der Waals surface area (Å²) in [5.74, 6) is -0.529. The summed E-state index contributed by atoms with van der Waals surface area (Å²) >= 11 is 0. The predicted molar refractivity (Wildman–Crippen MR) is 101 cm³/mol. The van der Waals surface area contributed by atoms with Gasteiger partial charge < -0.3 is 14.4 Å². The average molecular weight is 355 g/mol. The molecule has 0 aliphatic heterocycles. The maximum Gasteiger partial charge on any atom is 0.338 e. The van der Waals surface area contributed by atoms with Crippen molar-refractivity contribution in [2.45, 2.75) is 26.8 Å². The van der Waals surface area contributed by atoms with E-state index in [0.717, 1.165) is 16.8 Å². The van der Waals surface area contributed by atoms with Gasteiger partial charge in [-0.25, -0.2) is 4.79 Å². The van der Waals surface area contributed by atoms with Crippen molar-refractivity contribution in [2.75, 3.05) is 25.2 Å². The molecule has 5 nitrogen and oxygen atoms in total. The molecule has 2 rings (SSSR count). The minimum atomic E-state index is -0.304. The number of ether oxygens (including phenoxy) is 2. The normalized spacial score (nSPS) is 10.3. The van der Waals surface area contributed by atoms with Gasteiger partial charge in [0.2, 0.25) is 0 Å². The number of hydrogen-bond acceptors (Lipinski definition) is 5. The van der Waals surface area contributed by atoms with Crippen molar-refractivity contribution in [1.82, 2.24) is 0 Å². The first-order chi connectivity index (χ1) is 12.5. The Morgan fingerprint density at radius 3 is 2.23 bits per heavy atom. The molecule has 138 valence electrons. The number of carbonyl (C=O) groups is 2. The quantitative estimate of drug-likeness (QED) is 0.677. The monoisotopic (exact) mass is 355 g/mol. The molecule has 0 heterocycles. The maximum absolute atomic E-state index is 12.1. The van der Waals surface area contributed by atoms with Crippen molar-refractivity contribution in [1.29, 1.82) is 0 Å². The molecule has 0 bridgehead atoms. The smallest absolute Gasteiger partial charge is 0.338 e. The molecule has 5 heteroatoms. The van der Waals surface area contributed by atoms with Crippen LogP contribution in [0.25, 0.3) is 0 Å². The van der Waals surface area contributed by atoms with E-state index in [-0.39, 0.29) is 18.4 Å². The summed E-state index contributed by atoms with van der Waals surface area (Å²) in [6, 6.07) is 15.2. The van der Waals surface area contributed by atoms with Gasteiger partial charge in [0.05, 0.1) is 25.2 Å². The Bertz CT molecular complexity index is 740. The van der Waals surface area contributed by atoms with Gasteiger partial charge in [-0.15, -0.1) is 0 Å². The third kappa shape index (κ3) is 5.34. The highest BCUT2D eigenvalue weighted by Crippen LogP contribution is 2.19. The SMILES string of the molecule is CCOC(=O)Cc1ccc(N(C)Cc2ccccc2C(=O)OCC)cc1. The molecule has 2 aromatic rings. The van der Waals surface area contributed by atoms with Gasteiger partial charge in [0.15, 0.2) is 0 Å². The predicted octanol–water partition coefficient (Wildman–Crippen LogP) is 3.61. The van der Waals surface area contributed by atoms with Crippen LogP contribution in [0.3, 0.4) is 0 Å². The van der Waals surface area contributed by atoms with E-state index < -0.39 is 0 Å². The van der Waals surface area contributed by atoms with Gasteiger partial charge in [0, 0.05) is 19.3 Å². The number of anilines is 1. The Kier molecular flexibility index (Phi) is 7.21. The van der Waals surface area contributed by atoms with E-state index in [1.807, 2.05) is 54.4 Å². The number of rotatable bonds is 8. The van der Waals surface area contributed by atoms with E-state index in [0.29, 0.717) is 25.3 Å². The molecule has 0 unspecified atom stereocenters. The summed E-state index contributed by atoms with van der Waals surface area (Å²) in [5, 5.41) is 0. The molecule has 0 aromatic heterocycles. The first-order valence-electron chi connectivity index (χ1n) is 8.75. The van der Waals surface area contributed by atoms with Crippen molar-refractivity contribution in [3.05, 3.63) is 65.2 Å². The number of nitrogens with zero attached hydrogens (tertiary/aromatic N) is 1. The van der Waals surface area contributed by atoms with Crippen LogP contribution in [0.2, 0.25) is 0 Å². The van der Waals surface area contributed by atoms with Gasteiger partial charge in [-0.2, -0.15) is 0 Å². The van der Waals surface area contributed by atoms with Crippen LogP contribution in [-0.2, 0) is 27.2 Å². The lowest BCUT2D eigenvalue weighted by Gasteiger charge is -2.21. The Hall–Kier alpha value is -2.82. The summed E-state index contributed by atoms with van der Waals surface area (Å²) in [5.41, 5.74) is 3.40. The summed E-state index contributed by atoms with van der Waals surface area (Å²) in [4.78, 5) is 25.7. The molecule has 0 fully saturated rings. The van der Waals surface area contributed by atoms with Gasteiger partial charge in [0.1, 0.15) is 0 Å². The van der Waals surface area contributed by atoms with Crippen LogP contribution in [0.15, 0.2) is 48.5 Å². The zero-order chi connectivity index (χ0) is 18.9. The van der Waals surface area contributed by atoms with E-state index in [1.54, 1.807) is 19.9 Å². The van der Waals surface area contributed by atoms with Crippen LogP contribution >= 0.6 is 0 Å². The van der Waals surface area contributed by atoms with Crippen molar-refractivity contribution < 1.29 is 19.1 Å². The Morgan fingerprint density at radius 2 is 1.58 bits per heavy atom. The van der Waals surface area contributed by atoms with Gasteiger partial charge in [-0.1, -0.05) is 30.3 Å². The highest BCUT2D eigenvalue weighted by molar-refractivity contribution is 5.91. The van der Waals surface area contributed by atoms with E-state index in [4.69, 9.17) is 9.47 Å². The molecular formula is C21H25NO4. The van der Waals surface area contributed by atoms with E-state index in [1.165, 1.54) is 0 Å². The molecule has 0 spiro atoms. The second kappa shape index (κ2) is 9.61. The zero-order valence-electron chi connectivity index (χ0n) is 15.5. The standard InChI is InChI=1S/C21H25NO4/c1-4-25-20(23)14-16-10-12-18(13-11-16)22(3)15-17-8-6-7-9-19(17)21(24)26-5-2/h6-13H,4-5,14-15H2,1-3H3. The molecular weight excluding hydrogens is 330 g/mol. The van der Waals surface area contributed by atoms with Crippen LogP contribution in [-0.4, -0.2) is 32.2 Å². The first kappa shape index (κ1) is 19.5. The fraction of sp³-hybridized carbons (Fsp3) is 0.333. The molecule has 0 saturated carbocycles.